The number of hydrogen-bond acceptors (Lipinski definition) is 4. The standard InChI is InChI=1S/C17H35N3O/c1-5-20-8-7-19(11-16(20)4)13-17(6-9-21-14-17)12-18-10-15(2)3/h15-16,18H,5-14H2,1-4H3. The minimum atomic E-state index is 0.336. The Hall–Kier alpha value is -0.160. The number of piperazine rings is 1. The second-order valence-corrected chi connectivity index (χ2v) is 7.54. The van der Waals surface area contributed by atoms with Crippen LogP contribution in [0.1, 0.15) is 34.1 Å². The van der Waals surface area contributed by atoms with Crippen molar-refractivity contribution in [3.05, 3.63) is 0 Å². The molecule has 0 amide bonds. The van der Waals surface area contributed by atoms with Crippen LogP contribution in [0.2, 0.25) is 0 Å². The number of ether oxygens (including phenoxy) is 1. The van der Waals surface area contributed by atoms with Crippen LogP contribution in [-0.4, -0.2) is 74.9 Å². The molecule has 124 valence electrons. The van der Waals surface area contributed by atoms with E-state index in [1.54, 1.807) is 0 Å². The lowest BCUT2D eigenvalue weighted by Crippen LogP contribution is -2.55. The van der Waals surface area contributed by atoms with Gasteiger partial charge in [0.05, 0.1) is 6.61 Å². The van der Waals surface area contributed by atoms with Crippen molar-refractivity contribution in [2.45, 2.75) is 40.2 Å². The quantitative estimate of drug-likeness (QED) is 0.773. The molecule has 21 heavy (non-hydrogen) atoms. The molecule has 2 rings (SSSR count). The van der Waals surface area contributed by atoms with Crippen molar-refractivity contribution in [1.29, 1.82) is 0 Å². The lowest BCUT2D eigenvalue weighted by Gasteiger charge is -2.43. The Morgan fingerprint density at radius 3 is 2.71 bits per heavy atom. The first-order chi connectivity index (χ1) is 10.0. The number of likely N-dealkylation sites (N-methyl/N-ethyl adjacent to an activating group) is 1. The highest BCUT2D eigenvalue weighted by molar-refractivity contribution is 4.91. The molecule has 0 saturated carbocycles. The Bertz CT molecular complexity index is 302. The molecule has 2 heterocycles. The number of rotatable bonds is 7. The van der Waals surface area contributed by atoms with E-state index >= 15 is 0 Å². The molecule has 2 aliphatic heterocycles. The van der Waals surface area contributed by atoms with Gasteiger partial charge < -0.3 is 10.1 Å². The van der Waals surface area contributed by atoms with Crippen molar-refractivity contribution in [1.82, 2.24) is 15.1 Å². The molecule has 0 radical (unpaired) electrons. The Kier molecular flexibility index (Phi) is 6.48. The molecule has 0 spiro atoms. The summed E-state index contributed by atoms with van der Waals surface area (Å²) < 4.78 is 5.75. The molecule has 0 aromatic rings. The molecule has 0 bridgehead atoms. The van der Waals surface area contributed by atoms with Crippen LogP contribution in [0.15, 0.2) is 0 Å². The molecular formula is C17H35N3O. The van der Waals surface area contributed by atoms with Gasteiger partial charge in [-0.15, -0.1) is 0 Å². The molecule has 0 aromatic carbocycles. The molecule has 2 unspecified atom stereocenters. The molecule has 1 N–H and O–H groups in total. The van der Waals surface area contributed by atoms with Crippen LogP contribution in [0.3, 0.4) is 0 Å². The summed E-state index contributed by atoms with van der Waals surface area (Å²) in [6.07, 6.45) is 1.21. The highest BCUT2D eigenvalue weighted by Gasteiger charge is 2.37. The summed E-state index contributed by atoms with van der Waals surface area (Å²) in [5.74, 6) is 0.720. The normalized spacial score (nSPS) is 32.1. The first-order valence-electron chi connectivity index (χ1n) is 8.79. The van der Waals surface area contributed by atoms with E-state index in [1.807, 2.05) is 0 Å². The fraction of sp³-hybridized carbons (Fsp3) is 1.00. The van der Waals surface area contributed by atoms with Crippen molar-refractivity contribution >= 4 is 0 Å². The molecule has 2 saturated heterocycles. The largest absolute Gasteiger partial charge is 0.381 e. The summed E-state index contributed by atoms with van der Waals surface area (Å²) in [6, 6.07) is 0.687. The van der Waals surface area contributed by atoms with Crippen LogP contribution in [0.25, 0.3) is 0 Å². The topological polar surface area (TPSA) is 27.7 Å². The Balaban J connectivity index is 1.85. The summed E-state index contributed by atoms with van der Waals surface area (Å²) in [7, 11) is 0. The zero-order chi connectivity index (χ0) is 15.3. The molecular weight excluding hydrogens is 262 g/mol. The van der Waals surface area contributed by atoms with Gasteiger partial charge in [0.15, 0.2) is 0 Å². The van der Waals surface area contributed by atoms with Gasteiger partial charge in [-0.2, -0.15) is 0 Å². The van der Waals surface area contributed by atoms with Crippen LogP contribution in [0.5, 0.6) is 0 Å². The van der Waals surface area contributed by atoms with Gasteiger partial charge in [-0.25, -0.2) is 0 Å². The van der Waals surface area contributed by atoms with Crippen LogP contribution in [0.4, 0.5) is 0 Å². The van der Waals surface area contributed by atoms with E-state index in [1.165, 1.54) is 39.1 Å². The van der Waals surface area contributed by atoms with E-state index in [0.717, 1.165) is 32.2 Å². The number of hydrogen-bond donors (Lipinski definition) is 1. The average Bonchev–Trinajstić information content (AvgIpc) is 2.87. The smallest absolute Gasteiger partial charge is 0.0547 e. The zero-order valence-electron chi connectivity index (χ0n) is 14.5. The summed E-state index contributed by atoms with van der Waals surface area (Å²) in [4.78, 5) is 5.26. The Morgan fingerprint density at radius 1 is 1.33 bits per heavy atom. The maximum atomic E-state index is 5.75. The third-order valence-corrected chi connectivity index (χ3v) is 5.05. The molecule has 0 aliphatic carbocycles. The highest BCUT2D eigenvalue weighted by Crippen LogP contribution is 2.30. The molecule has 2 fully saturated rings. The van der Waals surface area contributed by atoms with E-state index in [9.17, 15) is 0 Å². The van der Waals surface area contributed by atoms with Crippen molar-refractivity contribution in [2.75, 3.05) is 59.0 Å². The van der Waals surface area contributed by atoms with E-state index in [4.69, 9.17) is 4.74 Å². The van der Waals surface area contributed by atoms with Crippen molar-refractivity contribution in [3.8, 4) is 0 Å². The summed E-state index contributed by atoms with van der Waals surface area (Å²) in [5.41, 5.74) is 0.336. The molecule has 4 heteroatoms. The number of nitrogens with one attached hydrogen (secondary N) is 1. The van der Waals surface area contributed by atoms with E-state index in [-0.39, 0.29) is 0 Å². The van der Waals surface area contributed by atoms with E-state index in [0.29, 0.717) is 11.5 Å². The third-order valence-electron chi connectivity index (χ3n) is 5.05. The minimum absolute atomic E-state index is 0.336. The van der Waals surface area contributed by atoms with Crippen LogP contribution >= 0.6 is 0 Å². The first-order valence-corrected chi connectivity index (χ1v) is 8.79. The van der Waals surface area contributed by atoms with Crippen LogP contribution in [-0.2, 0) is 4.74 Å². The molecule has 2 atom stereocenters. The summed E-state index contributed by atoms with van der Waals surface area (Å²) in [5, 5.41) is 3.67. The Labute approximate surface area is 131 Å². The average molecular weight is 297 g/mol. The lowest BCUT2D eigenvalue weighted by atomic mass is 9.86. The maximum absolute atomic E-state index is 5.75. The van der Waals surface area contributed by atoms with Crippen LogP contribution in [0, 0.1) is 11.3 Å². The fourth-order valence-electron chi connectivity index (χ4n) is 3.75. The molecule has 0 aromatic heterocycles. The monoisotopic (exact) mass is 297 g/mol. The first kappa shape index (κ1) is 17.2. The SMILES string of the molecule is CCN1CCN(CC2(CNCC(C)C)CCOC2)CC1C. The number of nitrogens with zero attached hydrogens (tertiary/aromatic N) is 2. The van der Waals surface area contributed by atoms with Gasteiger partial charge in [-0.3, -0.25) is 9.80 Å². The lowest BCUT2D eigenvalue weighted by molar-refractivity contribution is 0.0464. The predicted octanol–water partition coefficient (Wildman–Crippen LogP) is 1.66. The van der Waals surface area contributed by atoms with Gasteiger partial charge in [0, 0.05) is 50.8 Å². The van der Waals surface area contributed by atoms with Crippen molar-refractivity contribution in [2.24, 2.45) is 11.3 Å². The molecule has 4 nitrogen and oxygen atoms in total. The van der Waals surface area contributed by atoms with Crippen molar-refractivity contribution < 1.29 is 4.74 Å². The maximum Gasteiger partial charge on any atom is 0.0547 e. The van der Waals surface area contributed by atoms with Gasteiger partial charge in [-0.05, 0) is 32.4 Å². The highest BCUT2D eigenvalue weighted by atomic mass is 16.5. The Morgan fingerprint density at radius 2 is 2.14 bits per heavy atom. The summed E-state index contributed by atoms with van der Waals surface area (Å²) in [6.45, 7) is 19.3. The van der Waals surface area contributed by atoms with Gasteiger partial charge in [0.25, 0.3) is 0 Å². The van der Waals surface area contributed by atoms with E-state index < -0.39 is 0 Å². The van der Waals surface area contributed by atoms with Crippen LogP contribution < -0.4 is 5.32 Å². The van der Waals surface area contributed by atoms with Gasteiger partial charge in [0.1, 0.15) is 0 Å². The predicted molar refractivity (Wildman–Crippen MR) is 88.7 cm³/mol. The van der Waals surface area contributed by atoms with E-state index in [2.05, 4.69) is 42.8 Å². The van der Waals surface area contributed by atoms with Gasteiger partial charge >= 0.3 is 0 Å². The third kappa shape index (κ3) is 4.92. The van der Waals surface area contributed by atoms with Gasteiger partial charge in [0.2, 0.25) is 0 Å². The zero-order valence-corrected chi connectivity index (χ0v) is 14.5. The van der Waals surface area contributed by atoms with Gasteiger partial charge in [-0.1, -0.05) is 20.8 Å². The molecule has 2 aliphatic rings. The summed E-state index contributed by atoms with van der Waals surface area (Å²) >= 11 is 0. The second kappa shape index (κ2) is 7.91. The minimum Gasteiger partial charge on any atom is -0.381 e. The fourth-order valence-corrected chi connectivity index (χ4v) is 3.75. The second-order valence-electron chi connectivity index (χ2n) is 7.54. The van der Waals surface area contributed by atoms with Crippen molar-refractivity contribution in [3.63, 3.8) is 0 Å².